The number of likely N-dealkylation sites (tertiary alicyclic amines) is 1. The summed E-state index contributed by atoms with van der Waals surface area (Å²) in [5.74, 6) is -1.50. The van der Waals surface area contributed by atoms with E-state index in [9.17, 15) is 19.2 Å². The van der Waals surface area contributed by atoms with Crippen molar-refractivity contribution in [3.05, 3.63) is 24.3 Å². The predicted octanol–water partition coefficient (Wildman–Crippen LogP) is -0.584. The van der Waals surface area contributed by atoms with Gasteiger partial charge >= 0.3 is 23.8 Å². The van der Waals surface area contributed by atoms with Gasteiger partial charge in [0.05, 0.1) is 38.9 Å². The Morgan fingerprint density at radius 3 is 2.26 bits per heavy atom. The Kier molecular flexibility index (Phi) is 5.41. The van der Waals surface area contributed by atoms with Crippen LogP contribution in [0.1, 0.15) is 12.8 Å². The number of piperidine rings is 1. The molecule has 0 aromatic heterocycles. The number of quaternary nitrogens is 1. The van der Waals surface area contributed by atoms with Gasteiger partial charge in [0.15, 0.2) is 6.67 Å². The van der Waals surface area contributed by atoms with Crippen LogP contribution in [0.2, 0.25) is 0 Å². The molecule has 0 radical (unpaired) electrons. The van der Waals surface area contributed by atoms with E-state index in [0.29, 0.717) is 37.4 Å². The summed E-state index contributed by atoms with van der Waals surface area (Å²) in [5.41, 5.74) is 0.320. The maximum Gasteiger partial charge on any atom is 0.343 e. The molecule has 1 N–H and O–H groups in total. The van der Waals surface area contributed by atoms with Crippen molar-refractivity contribution in [2.45, 2.75) is 12.8 Å². The molecule has 2 heterocycles. The van der Waals surface area contributed by atoms with Gasteiger partial charge in [-0.1, -0.05) is 0 Å². The lowest BCUT2D eigenvalue weighted by Gasteiger charge is -2.29. The van der Waals surface area contributed by atoms with Crippen molar-refractivity contribution in [3.8, 4) is 5.75 Å². The second-order valence-corrected chi connectivity index (χ2v) is 6.56. The van der Waals surface area contributed by atoms with Crippen molar-refractivity contribution >= 4 is 29.5 Å². The average molecular weight is 376 g/mol. The van der Waals surface area contributed by atoms with Gasteiger partial charge in [-0.2, -0.15) is 0 Å². The zero-order chi connectivity index (χ0) is 19.6. The molecular weight excluding hydrogens is 354 g/mol. The van der Waals surface area contributed by atoms with E-state index in [0.717, 1.165) is 14.7 Å². The van der Waals surface area contributed by atoms with Crippen molar-refractivity contribution in [2.24, 2.45) is 5.92 Å². The molecular formula is C18H22N3O6+. The summed E-state index contributed by atoms with van der Waals surface area (Å²) in [6.45, 7) is 1.34. The third-order valence-electron chi connectivity index (χ3n) is 4.99. The number of nitrogens with zero attached hydrogens (tertiary/aromatic N) is 2. The van der Waals surface area contributed by atoms with Gasteiger partial charge in [-0.3, -0.25) is 14.4 Å². The molecule has 2 saturated heterocycles. The van der Waals surface area contributed by atoms with E-state index in [4.69, 9.17) is 9.47 Å². The molecule has 0 bridgehead atoms. The molecule has 0 unspecified atom stereocenters. The fraction of sp³-hybridized carbons (Fsp3) is 0.444. The summed E-state index contributed by atoms with van der Waals surface area (Å²) in [5, 5.41) is 0. The van der Waals surface area contributed by atoms with Gasteiger partial charge in [-0.05, 0) is 24.3 Å². The van der Waals surface area contributed by atoms with Crippen molar-refractivity contribution in [2.75, 3.05) is 38.9 Å². The quantitative estimate of drug-likeness (QED) is 0.419. The van der Waals surface area contributed by atoms with Crippen LogP contribution in [0.15, 0.2) is 24.3 Å². The van der Waals surface area contributed by atoms with E-state index >= 15 is 0 Å². The van der Waals surface area contributed by atoms with Crippen LogP contribution in [0.3, 0.4) is 0 Å². The third kappa shape index (κ3) is 3.63. The first-order valence-electron chi connectivity index (χ1n) is 8.71. The lowest BCUT2D eigenvalue weighted by molar-refractivity contribution is -0.912. The summed E-state index contributed by atoms with van der Waals surface area (Å²) < 4.78 is 9.82. The highest BCUT2D eigenvalue weighted by Gasteiger charge is 2.47. The lowest BCUT2D eigenvalue weighted by atomic mass is 9.97. The first-order chi connectivity index (χ1) is 13.0. The number of carbonyl (C=O) groups is 4. The molecule has 0 spiro atoms. The zero-order valence-corrected chi connectivity index (χ0v) is 15.3. The minimum absolute atomic E-state index is 0.101. The topological polar surface area (TPSA) is 97.7 Å². The summed E-state index contributed by atoms with van der Waals surface area (Å²) in [4.78, 5) is 51.7. The average Bonchev–Trinajstić information content (AvgIpc) is 2.91. The molecule has 0 atom stereocenters. The molecule has 1 aromatic rings. The minimum atomic E-state index is -0.867. The van der Waals surface area contributed by atoms with E-state index in [1.165, 1.54) is 14.2 Å². The molecule has 2 fully saturated rings. The summed E-state index contributed by atoms with van der Waals surface area (Å²) in [6, 6.07) is 5.69. The zero-order valence-electron chi connectivity index (χ0n) is 15.3. The number of carbonyl (C=O) groups excluding carboxylic acids is 4. The van der Waals surface area contributed by atoms with Crippen molar-refractivity contribution in [1.29, 1.82) is 0 Å². The molecule has 9 nitrogen and oxygen atoms in total. The molecule has 2 aliphatic heterocycles. The fourth-order valence-corrected chi connectivity index (χ4v) is 3.41. The van der Waals surface area contributed by atoms with Crippen LogP contribution in [-0.4, -0.2) is 62.7 Å². The van der Waals surface area contributed by atoms with E-state index in [1.807, 2.05) is 0 Å². The van der Waals surface area contributed by atoms with Gasteiger partial charge in [0, 0.05) is 12.8 Å². The molecule has 144 valence electrons. The molecule has 0 saturated carbocycles. The molecule has 3 rings (SSSR count). The monoisotopic (exact) mass is 376 g/mol. The Morgan fingerprint density at radius 2 is 1.70 bits per heavy atom. The highest BCUT2D eigenvalue weighted by atomic mass is 16.5. The maximum atomic E-state index is 12.7. The van der Waals surface area contributed by atoms with Crippen molar-refractivity contribution < 1.29 is 33.6 Å². The SMILES string of the molecule is COC(=O)C1CC[NH+](CN2C(=O)C(=O)N(c3ccc(OC)cc3)C2=O)CC1. The lowest BCUT2D eigenvalue weighted by Crippen LogP contribution is -3.14. The van der Waals surface area contributed by atoms with Gasteiger partial charge in [0.1, 0.15) is 5.75 Å². The first-order valence-corrected chi connectivity index (χ1v) is 8.71. The van der Waals surface area contributed by atoms with Gasteiger partial charge in [-0.25, -0.2) is 14.6 Å². The highest BCUT2D eigenvalue weighted by molar-refractivity contribution is 6.52. The number of nitrogens with one attached hydrogen (secondary N) is 1. The smallest absolute Gasteiger partial charge is 0.343 e. The van der Waals surface area contributed by atoms with Gasteiger partial charge in [0.2, 0.25) is 0 Å². The number of hydrogen-bond acceptors (Lipinski definition) is 6. The predicted molar refractivity (Wildman–Crippen MR) is 93.0 cm³/mol. The number of benzene rings is 1. The number of amides is 4. The fourth-order valence-electron chi connectivity index (χ4n) is 3.41. The second-order valence-electron chi connectivity index (χ2n) is 6.56. The number of hydrogen-bond donors (Lipinski definition) is 1. The van der Waals surface area contributed by atoms with Gasteiger partial charge in [-0.15, -0.1) is 0 Å². The molecule has 0 aliphatic carbocycles. The Morgan fingerprint density at radius 1 is 1.07 bits per heavy atom. The largest absolute Gasteiger partial charge is 0.497 e. The molecule has 9 heteroatoms. The Balaban J connectivity index is 1.67. The highest BCUT2D eigenvalue weighted by Crippen LogP contribution is 2.24. The Bertz CT molecular complexity index is 755. The van der Waals surface area contributed by atoms with Crippen LogP contribution in [0.25, 0.3) is 0 Å². The number of methoxy groups -OCH3 is 2. The Labute approximate surface area is 156 Å². The van der Waals surface area contributed by atoms with E-state index in [1.54, 1.807) is 24.3 Å². The molecule has 1 aromatic carbocycles. The number of imide groups is 2. The summed E-state index contributed by atoms with van der Waals surface area (Å²) in [6.07, 6.45) is 1.24. The third-order valence-corrected chi connectivity index (χ3v) is 4.99. The number of anilines is 1. The van der Waals surface area contributed by atoms with Crippen LogP contribution in [0.4, 0.5) is 10.5 Å². The van der Waals surface area contributed by atoms with Crippen molar-refractivity contribution in [1.82, 2.24) is 4.90 Å². The van der Waals surface area contributed by atoms with Crippen LogP contribution >= 0.6 is 0 Å². The van der Waals surface area contributed by atoms with Crippen LogP contribution < -0.4 is 14.5 Å². The number of ether oxygens (including phenoxy) is 2. The second kappa shape index (κ2) is 7.75. The summed E-state index contributed by atoms with van der Waals surface area (Å²) in [7, 11) is 2.88. The molecule has 4 amide bonds. The standard InChI is InChI=1S/C18H21N3O6/c1-26-14-5-3-13(4-6-14)21-16(23)15(22)20(18(21)25)11-19-9-7-12(8-10-19)17(24)27-2/h3-6,12H,7-11H2,1-2H3/p+1. The number of urea groups is 1. The van der Waals surface area contributed by atoms with Crippen molar-refractivity contribution in [3.63, 3.8) is 0 Å². The van der Waals surface area contributed by atoms with Crippen LogP contribution in [0, 0.1) is 5.92 Å². The van der Waals surface area contributed by atoms with E-state index < -0.39 is 17.8 Å². The normalized spacial score (nSPS) is 23.0. The first kappa shape index (κ1) is 18.8. The number of esters is 1. The maximum absolute atomic E-state index is 12.7. The number of rotatable bonds is 5. The molecule has 27 heavy (non-hydrogen) atoms. The van der Waals surface area contributed by atoms with Gasteiger partial charge < -0.3 is 14.4 Å². The van der Waals surface area contributed by atoms with E-state index in [2.05, 4.69) is 0 Å². The van der Waals surface area contributed by atoms with E-state index in [-0.39, 0.29) is 18.6 Å². The van der Waals surface area contributed by atoms with Crippen LogP contribution in [-0.2, 0) is 19.1 Å². The van der Waals surface area contributed by atoms with Gasteiger partial charge in [0.25, 0.3) is 0 Å². The Hall–Kier alpha value is -2.94. The minimum Gasteiger partial charge on any atom is -0.497 e. The van der Waals surface area contributed by atoms with Crippen LogP contribution in [0.5, 0.6) is 5.75 Å². The molecule has 2 aliphatic rings. The summed E-state index contributed by atoms with van der Waals surface area (Å²) >= 11 is 0.